The van der Waals surface area contributed by atoms with Crippen LogP contribution in [0, 0.1) is 5.92 Å². The number of carboxylic acid groups (broad SMARTS) is 1. The molecule has 0 unspecified atom stereocenters. The smallest absolute Gasteiger partial charge is 0.320 e. The summed E-state index contributed by atoms with van der Waals surface area (Å²) in [5, 5.41) is 12.4. The minimum atomic E-state index is -0.843. The predicted molar refractivity (Wildman–Crippen MR) is 113 cm³/mol. The Kier molecular flexibility index (Phi) is 7.92. The Morgan fingerprint density at radius 2 is 1.72 bits per heavy atom. The number of hydrogen-bond donors (Lipinski definition) is 4. The molecule has 2 amide bonds. The van der Waals surface area contributed by atoms with E-state index in [1.54, 1.807) is 6.07 Å². The van der Waals surface area contributed by atoms with Crippen LogP contribution < -0.4 is 16.8 Å². The van der Waals surface area contributed by atoms with E-state index in [0.29, 0.717) is 35.7 Å². The topological polar surface area (TPSA) is 136 Å². The molecule has 2 rings (SSSR count). The Balaban J connectivity index is 2.03. The molecule has 0 radical (unpaired) electrons. The van der Waals surface area contributed by atoms with E-state index in [1.807, 2.05) is 38.1 Å². The molecule has 0 aliphatic rings. The number of aliphatic carboxylic acids is 1. The summed E-state index contributed by atoms with van der Waals surface area (Å²) in [7, 11) is 0. The van der Waals surface area contributed by atoms with E-state index in [1.165, 1.54) is 11.3 Å². The zero-order valence-electron chi connectivity index (χ0n) is 16.6. The average molecular weight is 418 g/mol. The number of amides is 2. The summed E-state index contributed by atoms with van der Waals surface area (Å²) in [5.74, 6) is -1.62. The number of thiophene rings is 1. The number of carbonyl (C=O) groups excluding carboxylic acids is 2. The van der Waals surface area contributed by atoms with Gasteiger partial charge in [0.25, 0.3) is 0 Å². The van der Waals surface area contributed by atoms with Crippen molar-refractivity contribution in [3.63, 3.8) is 0 Å². The normalized spacial score (nSPS) is 12.1. The molecule has 7 nitrogen and oxygen atoms in total. The lowest BCUT2D eigenvalue weighted by molar-refractivity contribution is -0.140. The monoisotopic (exact) mass is 417 g/mol. The largest absolute Gasteiger partial charge is 0.480 e. The Morgan fingerprint density at radius 1 is 1.10 bits per heavy atom. The molecule has 1 aromatic heterocycles. The number of primary amides is 2. The van der Waals surface area contributed by atoms with Crippen LogP contribution in [0.2, 0.25) is 0 Å². The SMILES string of the molecule is CC(C)C[C@H](NCc1ccc(Cc2cc(C(N)=O)c(CC(N)=O)s2)cc1)C(=O)O. The number of carbonyl (C=O) groups is 3. The lowest BCUT2D eigenvalue weighted by Gasteiger charge is -2.16. The third-order valence-corrected chi connectivity index (χ3v) is 5.55. The van der Waals surface area contributed by atoms with Gasteiger partial charge in [-0.2, -0.15) is 0 Å². The molecule has 1 aromatic carbocycles. The van der Waals surface area contributed by atoms with Crippen LogP contribution in [0.15, 0.2) is 30.3 Å². The van der Waals surface area contributed by atoms with E-state index < -0.39 is 23.8 Å². The van der Waals surface area contributed by atoms with E-state index in [0.717, 1.165) is 16.0 Å². The maximum atomic E-state index is 11.6. The van der Waals surface area contributed by atoms with Crippen LogP contribution in [0.1, 0.15) is 51.5 Å². The van der Waals surface area contributed by atoms with Crippen molar-refractivity contribution in [1.29, 1.82) is 0 Å². The summed E-state index contributed by atoms with van der Waals surface area (Å²) in [6, 6.07) is 8.97. The molecule has 1 heterocycles. The van der Waals surface area contributed by atoms with Gasteiger partial charge in [0.05, 0.1) is 12.0 Å². The van der Waals surface area contributed by atoms with Gasteiger partial charge in [-0.05, 0) is 29.5 Å². The van der Waals surface area contributed by atoms with Gasteiger partial charge in [0.1, 0.15) is 6.04 Å². The van der Waals surface area contributed by atoms with E-state index >= 15 is 0 Å². The van der Waals surface area contributed by atoms with Crippen molar-refractivity contribution >= 4 is 29.1 Å². The van der Waals surface area contributed by atoms with E-state index in [9.17, 15) is 19.5 Å². The molecular weight excluding hydrogens is 390 g/mol. The molecule has 2 aromatic rings. The highest BCUT2D eigenvalue weighted by molar-refractivity contribution is 7.12. The number of nitrogens with one attached hydrogen (secondary N) is 1. The van der Waals surface area contributed by atoms with Gasteiger partial charge in [-0.15, -0.1) is 11.3 Å². The Hall–Kier alpha value is -2.71. The van der Waals surface area contributed by atoms with Crippen LogP contribution in [0.25, 0.3) is 0 Å². The fourth-order valence-electron chi connectivity index (χ4n) is 3.03. The lowest BCUT2D eigenvalue weighted by Crippen LogP contribution is -2.37. The number of hydrogen-bond acceptors (Lipinski definition) is 5. The summed E-state index contributed by atoms with van der Waals surface area (Å²) in [6.45, 7) is 4.46. The van der Waals surface area contributed by atoms with Crippen molar-refractivity contribution in [2.45, 2.75) is 45.7 Å². The first-order valence-corrected chi connectivity index (χ1v) is 10.2. The summed E-state index contributed by atoms with van der Waals surface area (Å²) >= 11 is 1.36. The predicted octanol–water partition coefficient (Wildman–Crippen LogP) is 2.05. The Labute approximate surface area is 174 Å². The number of nitrogens with two attached hydrogens (primary N) is 2. The Bertz CT molecular complexity index is 875. The molecule has 0 aliphatic heterocycles. The van der Waals surface area contributed by atoms with Crippen LogP contribution in [0.4, 0.5) is 0 Å². The zero-order valence-corrected chi connectivity index (χ0v) is 17.4. The Morgan fingerprint density at radius 3 is 2.24 bits per heavy atom. The lowest BCUT2D eigenvalue weighted by atomic mass is 10.0. The first kappa shape index (κ1) is 22.6. The van der Waals surface area contributed by atoms with E-state index in [4.69, 9.17) is 11.5 Å². The second kappa shape index (κ2) is 10.2. The maximum Gasteiger partial charge on any atom is 0.320 e. The van der Waals surface area contributed by atoms with Crippen molar-refractivity contribution in [3.8, 4) is 0 Å². The van der Waals surface area contributed by atoms with Crippen LogP contribution in [-0.2, 0) is 29.0 Å². The van der Waals surface area contributed by atoms with Crippen molar-refractivity contribution < 1.29 is 19.5 Å². The second-order valence-electron chi connectivity index (χ2n) is 7.45. The molecule has 0 saturated heterocycles. The molecular formula is C21H27N3O4S. The van der Waals surface area contributed by atoms with Crippen LogP contribution in [-0.4, -0.2) is 28.9 Å². The average Bonchev–Trinajstić information content (AvgIpc) is 3.01. The van der Waals surface area contributed by atoms with Gasteiger partial charge in [-0.1, -0.05) is 38.1 Å². The summed E-state index contributed by atoms with van der Waals surface area (Å²) in [5.41, 5.74) is 13.0. The summed E-state index contributed by atoms with van der Waals surface area (Å²) in [6.07, 6.45) is 1.17. The van der Waals surface area contributed by atoms with Gasteiger partial charge < -0.3 is 21.9 Å². The highest BCUT2D eigenvalue weighted by Crippen LogP contribution is 2.25. The van der Waals surface area contributed by atoms with Gasteiger partial charge in [0.15, 0.2) is 0 Å². The second-order valence-corrected chi connectivity index (χ2v) is 8.67. The van der Waals surface area contributed by atoms with Crippen molar-refractivity contribution in [3.05, 3.63) is 56.8 Å². The van der Waals surface area contributed by atoms with Gasteiger partial charge >= 0.3 is 5.97 Å². The summed E-state index contributed by atoms with van der Waals surface area (Å²) < 4.78 is 0. The van der Waals surface area contributed by atoms with Gasteiger partial charge in [-0.25, -0.2) is 0 Å². The number of rotatable bonds is 11. The van der Waals surface area contributed by atoms with Crippen molar-refractivity contribution in [2.75, 3.05) is 0 Å². The maximum absolute atomic E-state index is 11.6. The van der Waals surface area contributed by atoms with Crippen LogP contribution in [0.5, 0.6) is 0 Å². The highest BCUT2D eigenvalue weighted by Gasteiger charge is 2.18. The van der Waals surface area contributed by atoms with E-state index in [2.05, 4.69) is 5.32 Å². The van der Waals surface area contributed by atoms with Gasteiger partial charge in [-0.3, -0.25) is 14.4 Å². The molecule has 0 aliphatic carbocycles. The zero-order chi connectivity index (χ0) is 21.6. The molecule has 8 heteroatoms. The molecule has 0 saturated carbocycles. The van der Waals surface area contributed by atoms with Crippen molar-refractivity contribution in [2.24, 2.45) is 17.4 Å². The standard InChI is InChI=1S/C21H27N3O4S/c1-12(2)7-17(21(27)28)24-11-14-5-3-13(4-6-14)8-15-9-16(20(23)26)18(29-15)10-19(22)25/h3-6,9,12,17,24H,7-8,10-11H2,1-2H3,(H2,22,25)(H2,23,26)(H,27,28)/t17-/m0/s1. The van der Waals surface area contributed by atoms with Crippen molar-refractivity contribution in [1.82, 2.24) is 5.32 Å². The van der Waals surface area contributed by atoms with Crippen LogP contribution >= 0.6 is 11.3 Å². The first-order valence-electron chi connectivity index (χ1n) is 9.39. The third-order valence-electron chi connectivity index (χ3n) is 4.42. The highest BCUT2D eigenvalue weighted by atomic mass is 32.1. The number of carboxylic acids is 1. The molecule has 6 N–H and O–H groups in total. The minimum absolute atomic E-state index is 0.00529. The third kappa shape index (κ3) is 6.99. The molecule has 156 valence electrons. The molecule has 29 heavy (non-hydrogen) atoms. The fraction of sp³-hybridized carbons (Fsp3) is 0.381. The molecule has 0 bridgehead atoms. The quantitative estimate of drug-likeness (QED) is 0.444. The van der Waals surface area contributed by atoms with E-state index in [-0.39, 0.29) is 6.42 Å². The molecule has 0 spiro atoms. The van der Waals surface area contributed by atoms with Gasteiger partial charge in [0, 0.05) is 22.7 Å². The first-order chi connectivity index (χ1) is 13.7. The number of benzene rings is 1. The summed E-state index contributed by atoms with van der Waals surface area (Å²) in [4.78, 5) is 35.6. The molecule has 0 fully saturated rings. The minimum Gasteiger partial charge on any atom is -0.480 e. The van der Waals surface area contributed by atoms with Gasteiger partial charge in [0.2, 0.25) is 11.8 Å². The van der Waals surface area contributed by atoms with Crippen LogP contribution in [0.3, 0.4) is 0 Å². The molecule has 1 atom stereocenters. The fourth-order valence-corrected chi connectivity index (χ4v) is 4.25.